The van der Waals surface area contributed by atoms with Crippen molar-refractivity contribution in [2.45, 2.75) is 25.9 Å². The third-order valence-corrected chi connectivity index (χ3v) is 4.30. The van der Waals surface area contributed by atoms with Gasteiger partial charge in [-0.2, -0.15) is 10.2 Å². The van der Waals surface area contributed by atoms with E-state index in [1.165, 1.54) is 27.8 Å². The Kier molecular flexibility index (Phi) is 5.58. The zero-order valence-corrected chi connectivity index (χ0v) is 15.4. The second kappa shape index (κ2) is 7.88. The van der Waals surface area contributed by atoms with Crippen molar-refractivity contribution in [3.63, 3.8) is 0 Å². The minimum Gasteiger partial charge on any atom is -0.306 e. The maximum Gasteiger partial charge on any atom is 0.250 e. The normalized spacial score (nSPS) is 12.2. The minimum atomic E-state index is -0.546. The summed E-state index contributed by atoms with van der Waals surface area (Å²) in [5, 5.41) is 11.7. The van der Waals surface area contributed by atoms with Crippen LogP contribution in [-0.2, 0) is 11.3 Å². The van der Waals surface area contributed by atoms with Crippen LogP contribution in [-0.4, -0.2) is 25.5 Å². The Morgan fingerprint density at radius 3 is 2.73 bits per heavy atom. The number of rotatable bonds is 6. The smallest absolute Gasteiger partial charge is 0.250 e. The van der Waals surface area contributed by atoms with Crippen molar-refractivity contribution < 1.29 is 9.18 Å². The van der Waals surface area contributed by atoms with Crippen LogP contribution in [0.15, 0.2) is 42.9 Å². The summed E-state index contributed by atoms with van der Waals surface area (Å²) in [5.74, 6) is -0.429. The topological polar surface area (TPSA) is 64.7 Å². The van der Waals surface area contributed by atoms with E-state index in [2.05, 4.69) is 15.5 Å². The summed E-state index contributed by atoms with van der Waals surface area (Å²) in [6.45, 7) is 2.06. The first-order valence-electron chi connectivity index (χ1n) is 7.94. The quantitative estimate of drug-likeness (QED) is 0.681. The van der Waals surface area contributed by atoms with Crippen LogP contribution in [0, 0.1) is 5.82 Å². The van der Waals surface area contributed by atoms with Crippen molar-refractivity contribution in [1.82, 2.24) is 19.6 Å². The van der Waals surface area contributed by atoms with Crippen LogP contribution in [0.5, 0.6) is 0 Å². The van der Waals surface area contributed by atoms with Crippen LogP contribution < -0.4 is 5.32 Å². The predicted octanol–water partition coefficient (Wildman–Crippen LogP) is 4.16. The van der Waals surface area contributed by atoms with Crippen molar-refractivity contribution in [1.29, 1.82) is 0 Å². The summed E-state index contributed by atoms with van der Waals surface area (Å²) in [7, 11) is 0. The Labute approximate surface area is 159 Å². The molecule has 2 heterocycles. The molecule has 0 aliphatic rings. The molecule has 2 aromatic heterocycles. The highest BCUT2D eigenvalue weighted by atomic mass is 35.5. The van der Waals surface area contributed by atoms with Crippen molar-refractivity contribution in [3.05, 3.63) is 64.3 Å². The van der Waals surface area contributed by atoms with E-state index in [0.29, 0.717) is 17.0 Å². The van der Waals surface area contributed by atoms with Gasteiger partial charge < -0.3 is 5.32 Å². The zero-order chi connectivity index (χ0) is 18.7. The molecular formula is C17H16Cl2FN5O. The first-order valence-corrected chi connectivity index (χ1v) is 8.70. The Hall–Kier alpha value is -2.38. The van der Waals surface area contributed by atoms with Gasteiger partial charge in [-0.05, 0) is 12.5 Å². The van der Waals surface area contributed by atoms with E-state index in [1.54, 1.807) is 24.4 Å². The molecule has 0 saturated heterocycles. The molecule has 0 radical (unpaired) electrons. The molecule has 3 aromatic rings. The molecule has 0 bridgehead atoms. The molecule has 26 heavy (non-hydrogen) atoms. The average Bonchev–Trinajstić information content (AvgIpc) is 3.17. The van der Waals surface area contributed by atoms with E-state index < -0.39 is 6.04 Å². The van der Waals surface area contributed by atoms with E-state index in [9.17, 15) is 9.18 Å². The molecule has 1 atom stereocenters. The summed E-state index contributed by atoms with van der Waals surface area (Å²) in [6.07, 6.45) is 5.09. The molecule has 0 aliphatic heterocycles. The van der Waals surface area contributed by atoms with Gasteiger partial charge in [0.2, 0.25) is 5.91 Å². The number of aromatic nitrogens is 4. The van der Waals surface area contributed by atoms with Crippen LogP contribution in [0.1, 0.15) is 24.9 Å². The minimum absolute atomic E-state index is 0.203. The molecular weight excluding hydrogens is 380 g/mol. The van der Waals surface area contributed by atoms with Crippen molar-refractivity contribution in [3.8, 4) is 0 Å². The summed E-state index contributed by atoms with van der Waals surface area (Å²) < 4.78 is 16.7. The third-order valence-electron chi connectivity index (χ3n) is 3.83. The monoisotopic (exact) mass is 395 g/mol. The number of nitrogens with zero attached hydrogens (tertiary/aromatic N) is 4. The SMILES string of the molecule is CCC(C(=O)Nc1nn(Cc2ccccc2F)cc1Cl)n1cc(Cl)cn1. The summed E-state index contributed by atoms with van der Waals surface area (Å²) in [5.41, 5.74) is 0.474. The van der Waals surface area contributed by atoms with Gasteiger partial charge in [-0.3, -0.25) is 14.2 Å². The van der Waals surface area contributed by atoms with Gasteiger partial charge in [0.15, 0.2) is 5.82 Å². The molecule has 0 spiro atoms. The van der Waals surface area contributed by atoms with E-state index in [4.69, 9.17) is 23.2 Å². The third kappa shape index (κ3) is 4.05. The molecule has 1 amide bonds. The summed E-state index contributed by atoms with van der Waals surface area (Å²) in [6, 6.07) is 5.86. The highest BCUT2D eigenvalue weighted by Gasteiger charge is 2.21. The number of halogens is 3. The highest BCUT2D eigenvalue weighted by Crippen LogP contribution is 2.23. The van der Waals surface area contributed by atoms with Gasteiger partial charge in [0.05, 0.1) is 17.8 Å². The number of carbonyl (C=O) groups excluding carboxylic acids is 1. The average molecular weight is 396 g/mol. The molecule has 9 heteroatoms. The van der Waals surface area contributed by atoms with Crippen molar-refractivity contribution >= 4 is 34.9 Å². The Morgan fingerprint density at radius 2 is 2.08 bits per heavy atom. The fraction of sp³-hybridized carbons (Fsp3) is 0.235. The largest absolute Gasteiger partial charge is 0.306 e. The number of amides is 1. The number of carbonyl (C=O) groups is 1. The van der Waals surface area contributed by atoms with Crippen LogP contribution in [0.4, 0.5) is 10.2 Å². The zero-order valence-electron chi connectivity index (χ0n) is 13.9. The predicted molar refractivity (Wildman–Crippen MR) is 97.9 cm³/mol. The first kappa shape index (κ1) is 18.4. The van der Waals surface area contributed by atoms with Crippen molar-refractivity contribution in [2.24, 2.45) is 0 Å². The lowest BCUT2D eigenvalue weighted by atomic mass is 10.2. The number of nitrogens with one attached hydrogen (secondary N) is 1. The molecule has 6 nitrogen and oxygen atoms in total. The van der Waals surface area contributed by atoms with Gasteiger partial charge >= 0.3 is 0 Å². The van der Waals surface area contributed by atoms with Crippen LogP contribution in [0.25, 0.3) is 0 Å². The molecule has 1 unspecified atom stereocenters. The van der Waals surface area contributed by atoms with Crippen molar-refractivity contribution in [2.75, 3.05) is 5.32 Å². The Balaban J connectivity index is 1.74. The van der Waals surface area contributed by atoms with Crippen LogP contribution in [0.3, 0.4) is 0 Å². The fourth-order valence-corrected chi connectivity index (χ4v) is 2.88. The molecule has 0 saturated carbocycles. The standard InChI is InChI=1S/C17H16Cl2FN5O/c1-2-15(25-9-12(18)7-21-25)17(26)22-16-13(19)10-24(23-16)8-11-5-3-4-6-14(11)20/h3-7,9-10,15H,2,8H2,1H3,(H,22,23,26). The van der Waals surface area contributed by atoms with Gasteiger partial charge in [-0.15, -0.1) is 0 Å². The number of anilines is 1. The van der Waals surface area contributed by atoms with Crippen LogP contribution in [0.2, 0.25) is 10.0 Å². The molecule has 136 valence electrons. The van der Waals surface area contributed by atoms with E-state index in [1.807, 2.05) is 6.92 Å². The summed E-state index contributed by atoms with van der Waals surface area (Å²) in [4.78, 5) is 12.5. The van der Waals surface area contributed by atoms with Gasteiger partial charge in [0.25, 0.3) is 0 Å². The fourth-order valence-electron chi connectivity index (χ4n) is 2.54. The van der Waals surface area contributed by atoms with Crippen LogP contribution >= 0.6 is 23.2 Å². The number of hydrogen-bond acceptors (Lipinski definition) is 3. The lowest BCUT2D eigenvalue weighted by Crippen LogP contribution is -2.26. The molecule has 1 aromatic carbocycles. The van der Waals surface area contributed by atoms with Gasteiger partial charge in [0, 0.05) is 18.0 Å². The number of benzene rings is 1. The van der Waals surface area contributed by atoms with E-state index in [-0.39, 0.29) is 29.1 Å². The van der Waals surface area contributed by atoms with Gasteiger partial charge in [-0.25, -0.2) is 4.39 Å². The second-order valence-corrected chi connectivity index (χ2v) is 6.51. The maximum absolute atomic E-state index is 13.8. The van der Waals surface area contributed by atoms with Gasteiger partial charge in [0.1, 0.15) is 16.9 Å². The Bertz CT molecular complexity index is 924. The lowest BCUT2D eigenvalue weighted by molar-refractivity contribution is -0.119. The highest BCUT2D eigenvalue weighted by molar-refractivity contribution is 6.33. The number of hydrogen-bond donors (Lipinski definition) is 1. The molecule has 1 N–H and O–H groups in total. The van der Waals surface area contributed by atoms with E-state index >= 15 is 0 Å². The lowest BCUT2D eigenvalue weighted by Gasteiger charge is -2.14. The van der Waals surface area contributed by atoms with E-state index in [0.717, 1.165) is 0 Å². The second-order valence-electron chi connectivity index (χ2n) is 5.67. The molecule has 3 rings (SSSR count). The molecule has 0 aliphatic carbocycles. The Morgan fingerprint density at radius 1 is 1.31 bits per heavy atom. The summed E-state index contributed by atoms with van der Waals surface area (Å²) >= 11 is 12.0. The maximum atomic E-state index is 13.8. The first-order chi connectivity index (χ1) is 12.5. The molecule has 0 fully saturated rings. The van der Waals surface area contributed by atoms with Gasteiger partial charge in [-0.1, -0.05) is 48.3 Å².